The van der Waals surface area contributed by atoms with E-state index in [0.717, 1.165) is 35.4 Å². The minimum atomic E-state index is -0.844. The molecule has 1 aromatic heterocycles. The van der Waals surface area contributed by atoms with Crippen LogP contribution in [0.5, 0.6) is 0 Å². The number of para-hydroxylation sites is 1. The van der Waals surface area contributed by atoms with Gasteiger partial charge in [0.25, 0.3) is 5.91 Å². The molecule has 2 heterocycles. The summed E-state index contributed by atoms with van der Waals surface area (Å²) in [5.41, 5.74) is 0.979. The number of urea groups is 1. The lowest BCUT2D eigenvalue weighted by Crippen LogP contribution is -2.54. The smallest absolute Gasteiger partial charge is 0.325 e. The van der Waals surface area contributed by atoms with Gasteiger partial charge in [-0.2, -0.15) is 0 Å². The van der Waals surface area contributed by atoms with Gasteiger partial charge in [0, 0.05) is 18.9 Å². The van der Waals surface area contributed by atoms with E-state index in [9.17, 15) is 14.4 Å². The van der Waals surface area contributed by atoms with E-state index in [0.29, 0.717) is 13.0 Å². The van der Waals surface area contributed by atoms with E-state index in [-0.39, 0.29) is 24.3 Å². The molecule has 1 aliphatic carbocycles. The highest BCUT2D eigenvalue weighted by Gasteiger charge is 2.55. The molecule has 1 saturated carbocycles. The highest BCUT2D eigenvalue weighted by atomic mass is 16.2. The Balaban J connectivity index is 1.41. The van der Waals surface area contributed by atoms with Gasteiger partial charge in [-0.1, -0.05) is 38.0 Å². The maximum absolute atomic E-state index is 13.0. The Kier molecular flexibility index (Phi) is 5.08. The number of imide groups is 1. The van der Waals surface area contributed by atoms with Gasteiger partial charge < -0.3 is 15.2 Å². The molecule has 0 bridgehead atoms. The van der Waals surface area contributed by atoms with E-state index < -0.39 is 11.6 Å². The summed E-state index contributed by atoms with van der Waals surface area (Å²) in [6.45, 7) is 2.01. The van der Waals surface area contributed by atoms with Crippen LogP contribution in [0, 0.1) is 5.92 Å². The Labute approximate surface area is 169 Å². The van der Waals surface area contributed by atoms with Gasteiger partial charge in [0.05, 0.1) is 12.0 Å². The van der Waals surface area contributed by atoms with Gasteiger partial charge in [-0.05, 0) is 30.4 Å². The SMILES string of the molecule is CC1CCCCC12NC(=O)N(CC(=O)NCc1ccccc1-n1ccnc1)C2=O. The summed E-state index contributed by atoms with van der Waals surface area (Å²) in [5.74, 6) is -0.569. The third kappa shape index (κ3) is 3.50. The number of nitrogens with one attached hydrogen (secondary N) is 2. The van der Waals surface area contributed by atoms with E-state index in [2.05, 4.69) is 15.6 Å². The summed E-state index contributed by atoms with van der Waals surface area (Å²) in [4.78, 5) is 43.0. The molecule has 8 nitrogen and oxygen atoms in total. The van der Waals surface area contributed by atoms with Crippen molar-refractivity contribution in [3.05, 3.63) is 48.5 Å². The maximum Gasteiger partial charge on any atom is 0.325 e. The van der Waals surface area contributed by atoms with E-state index >= 15 is 0 Å². The molecule has 4 amide bonds. The predicted octanol–water partition coefficient (Wildman–Crippen LogP) is 1.99. The van der Waals surface area contributed by atoms with Gasteiger partial charge in [-0.25, -0.2) is 9.78 Å². The van der Waals surface area contributed by atoms with E-state index in [1.165, 1.54) is 0 Å². The van der Waals surface area contributed by atoms with Gasteiger partial charge in [0.15, 0.2) is 0 Å². The second kappa shape index (κ2) is 7.69. The zero-order valence-corrected chi connectivity index (χ0v) is 16.4. The van der Waals surface area contributed by atoms with Crippen LogP contribution < -0.4 is 10.6 Å². The molecule has 0 radical (unpaired) electrons. The second-order valence-corrected chi connectivity index (χ2v) is 7.82. The molecule has 1 aliphatic heterocycles. The normalized spacial score (nSPS) is 24.0. The first-order valence-corrected chi connectivity index (χ1v) is 9.98. The van der Waals surface area contributed by atoms with Crippen molar-refractivity contribution in [2.24, 2.45) is 5.92 Å². The standard InChI is InChI=1S/C21H25N5O3/c1-15-6-4-5-9-21(15)19(28)26(20(29)24-21)13-18(27)23-12-16-7-2-3-8-17(16)25-11-10-22-14-25/h2-3,7-8,10-11,14-15H,4-6,9,12-13H2,1H3,(H,23,27)(H,24,29). The Morgan fingerprint density at radius 2 is 2.14 bits per heavy atom. The van der Waals surface area contributed by atoms with Crippen molar-refractivity contribution >= 4 is 17.8 Å². The first-order chi connectivity index (χ1) is 14.0. The lowest BCUT2D eigenvalue weighted by molar-refractivity contribution is -0.137. The van der Waals surface area contributed by atoms with Crippen molar-refractivity contribution in [1.29, 1.82) is 0 Å². The minimum Gasteiger partial charge on any atom is -0.350 e. The Bertz CT molecular complexity index is 926. The van der Waals surface area contributed by atoms with Gasteiger partial charge >= 0.3 is 6.03 Å². The molecule has 2 unspecified atom stereocenters. The number of hydrogen-bond donors (Lipinski definition) is 2. The summed E-state index contributed by atoms with van der Waals surface area (Å²) in [6, 6.07) is 7.20. The first kappa shape index (κ1) is 19.2. The molecule has 2 atom stereocenters. The number of rotatable bonds is 5. The zero-order valence-electron chi connectivity index (χ0n) is 16.4. The number of nitrogens with zero attached hydrogens (tertiary/aromatic N) is 3. The molecule has 1 saturated heterocycles. The average Bonchev–Trinajstić information content (AvgIpc) is 3.33. The number of hydrogen-bond acceptors (Lipinski definition) is 4. The van der Waals surface area contributed by atoms with Crippen LogP contribution in [0.3, 0.4) is 0 Å². The van der Waals surface area contributed by atoms with Gasteiger partial charge in [0.2, 0.25) is 5.91 Å². The molecule has 29 heavy (non-hydrogen) atoms. The lowest BCUT2D eigenvalue weighted by atomic mass is 9.73. The number of aromatic nitrogens is 2. The van der Waals surface area contributed by atoms with Crippen LogP contribution in [0.1, 0.15) is 38.2 Å². The lowest BCUT2D eigenvalue weighted by Gasteiger charge is -2.36. The summed E-state index contributed by atoms with van der Waals surface area (Å²) in [7, 11) is 0. The van der Waals surface area contributed by atoms with Gasteiger partial charge in [-0.15, -0.1) is 0 Å². The molecular formula is C21H25N5O3. The van der Waals surface area contributed by atoms with Gasteiger partial charge in [-0.3, -0.25) is 14.5 Å². The van der Waals surface area contributed by atoms with Crippen molar-refractivity contribution in [2.75, 3.05) is 6.54 Å². The van der Waals surface area contributed by atoms with Gasteiger partial charge in [0.1, 0.15) is 12.1 Å². The Morgan fingerprint density at radius 1 is 1.31 bits per heavy atom. The van der Waals surface area contributed by atoms with Crippen molar-refractivity contribution in [3.8, 4) is 5.69 Å². The summed E-state index contributed by atoms with van der Waals surface area (Å²) >= 11 is 0. The number of carbonyl (C=O) groups is 3. The van der Waals surface area contributed by atoms with Crippen molar-refractivity contribution in [1.82, 2.24) is 25.1 Å². The topological polar surface area (TPSA) is 96.3 Å². The molecule has 152 valence electrons. The van der Waals surface area contributed by atoms with Crippen LogP contribution in [0.4, 0.5) is 4.79 Å². The fraction of sp³-hybridized carbons (Fsp3) is 0.429. The Hall–Kier alpha value is -3.16. The molecule has 2 N–H and O–H groups in total. The predicted molar refractivity (Wildman–Crippen MR) is 106 cm³/mol. The van der Waals surface area contributed by atoms with Crippen LogP contribution in [-0.2, 0) is 16.1 Å². The number of amides is 4. The summed E-state index contributed by atoms with van der Waals surface area (Å²) < 4.78 is 1.87. The van der Waals surface area contributed by atoms with Crippen LogP contribution in [0.15, 0.2) is 43.0 Å². The monoisotopic (exact) mass is 395 g/mol. The molecule has 2 aromatic rings. The molecule has 8 heteroatoms. The summed E-state index contributed by atoms with van der Waals surface area (Å²) in [6.07, 6.45) is 8.71. The van der Waals surface area contributed by atoms with Crippen molar-refractivity contribution in [3.63, 3.8) is 0 Å². The zero-order chi connectivity index (χ0) is 20.4. The fourth-order valence-electron chi connectivity index (χ4n) is 4.35. The maximum atomic E-state index is 13.0. The molecule has 2 aliphatic rings. The van der Waals surface area contributed by atoms with Crippen molar-refractivity contribution in [2.45, 2.75) is 44.7 Å². The quantitative estimate of drug-likeness (QED) is 0.757. The molecule has 1 spiro atoms. The molecular weight excluding hydrogens is 370 g/mol. The Morgan fingerprint density at radius 3 is 2.90 bits per heavy atom. The second-order valence-electron chi connectivity index (χ2n) is 7.82. The molecule has 4 rings (SSSR count). The highest BCUT2D eigenvalue weighted by Crippen LogP contribution is 2.38. The molecule has 1 aromatic carbocycles. The number of carbonyl (C=O) groups excluding carboxylic acids is 3. The third-order valence-corrected chi connectivity index (χ3v) is 6.05. The van der Waals surface area contributed by atoms with Crippen molar-refractivity contribution < 1.29 is 14.4 Å². The van der Waals surface area contributed by atoms with E-state index in [1.54, 1.807) is 12.5 Å². The first-order valence-electron chi connectivity index (χ1n) is 9.98. The largest absolute Gasteiger partial charge is 0.350 e. The minimum absolute atomic E-state index is 0.0721. The number of benzene rings is 1. The third-order valence-electron chi connectivity index (χ3n) is 6.05. The van der Waals surface area contributed by atoms with E-state index in [1.807, 2.05) is 42.0 Å². The highest BCUT2D eigenvalue weighted by molar-refractivity contribution is 6.09. The average molecular weight is 395 g/mol. The van der Waals surface area contributed by atoms with E-state index in [4.69, 9.17) is 0 Å². The fourth-order valence-corrected chi connectivity index (χ4v) is 4.35. The molecule has 2 fully saturated rings. The number of imidazole rings is 1. The summed E-state index contributed by atoms with van der Waals surface area (Å²) in [5, 5.41) is 5.70. The van der Waals surface area contributed by atoms with Crippen LogP contribution >= 0.6 is 0 Å². The van der Waals surface area contributed by atoms with Crippen LogP contribution in [0.25, 0.3) is 5.69 Å². The van der Waals surface area contributed by atoms with Crippen LogP contribution in [0.2, 0.25) is 0 Å². The van der Waals surface area contributed by atoms with Crippen LogP contribution in [-0.4, -0.2) is 44.4 Å².